The molecule has 2 aliphatic rings. The van der Waals surface area contributed by atoms with E-state index in [2.05, 4.69) is 27.9 Å². The molecule has 0 saturated carbocycles. The van der Waals surface area contributed by atoms with E-state index in [1.807, 2.05) is 59.6 Å². The lowest BCUT2D eigenvalue weighted by Gasteiger charge is -2.32. The molecular formula is C29H34N4O4. The molecule has 0 aliphatic carbocycles. The molecule has 3 aromatic rings. The molecule has 0 radical (unpaired) electrons. The Morgan fingerprint density at radius 1 is 1.05 bits per heavy atom. The topological polar surface area (TPSA) is 67.4 Å². The molecule has 2 fully saturated rings. The molecule has 2 aliphatic heterocycles. The maximum Gasteiger partial charge on any atom is 0.253 e. The van der Waals surface area contributed by atoms with Gasteiger partial charge >= 0.3 is 0 Å². The van der Waals surface area contributed by atoms with Crippen LogP contribution in [0.5, 0.6) is 11.5 Å². The fraction of sp³-hybridized carbons (Fsp3) is 0.379. The van der Waals surface area contributed by atoms with Gasteiger partial charge in [-0.15, -0.1) is 0 Å². The lowest BCUT2D eigenvalue weighted by molar-refractivity contribution is 0.0664. The molecule has 1 unspecified atom stereocenters. The number of anilines is 2. The number of piperazine rings is 1. The molecule has 8 nitrogen and oxygen atoms in total. The van der Waals surface area contributed by atoms with Gasteiger partial charge in [-0.05, 0) is 55.1 Å². The average Bonchev–Trinajstić information content (AvgIpc) is 3.46. The SMILES string of the molecule is COc1ccc(N(Cc2cccnc2)c2ccc(C(=O)N3CCN(C)CC3)cc2)cc1OC1CCOC1. The second-order valence-electron chi connectivity index (χ2n) is 9.53. The Labute approximate surface area is 218 Å². The van der Waals surface area contributed by atoms with E-state index in [1.165, 1.54) is 0 Å². The molecule has 3 heterocycles. The quantitative estimate of drug-likeness (QED) is 0.462. The van der Waals surface area contributed by atoms with E-state index in [9.17, 15) is 4.79 Å². The van der Waals surface area contributed by atoms with E-state index in [4.69, 9.17) is 14.2 Å². The van der Waals surface area contributed by atoms with Gasteiger partial charge in [-0.25, -0.2) is 0 Å². The van der Waals surface area contributed by atoms with Crippen molar-refractivity contribution in [2.75, 3.05) is 58.5 Å². The van der Waals surface area contributed by atoms with Crippen molar-refractivity contribution >= 4 is 17.3 Å². The number of aromatic nitrogens is 1. The van der Waals surface area contributed by atoms with Crippen molar-refractivity contribution in [1.29, 1.82) is 0 Å². The minimum atomic E-state index is 0.00999. The molecule has 2 aromatic carbocycles. The van der Waals surface area contributed by atoms with E-state index in [0.717, 1.165) is 49.5 Å². The number of methoxy groups -OCH3 is 1. The van der Waals surface area contributed by atoms with Crippen molar-refractivity contribution in [3.05, 3.63) is 78.1 Å². The third-order valence-electron chi connectivity index (χ3n) is 6.92. The zero-order valence-corrected chi connectivity index (χ0v) is 21.5. The van der Waals surface area contributed by atoms with Crippen LogP contribution in [0, 0.1) is 0 Å². The van der Waals surface area contributed by atoms with Crippen molar-refractivity contribution < 1.29 is 19.0 Å². The molecule has 1 aromatic heterocycles. The lowest BCUT2D eigenvalue weighted by atomic mass is 10.1. The number of rotatable bonds is 8. The van der Waals surface area contributed by atoms with Crippen molar-refractivity contribution in [2.45, 2.75) is 19.1 Å². The van der Waals surface area contributed by atoms with E-state index in [1.54, 1.807) is 13.3 Å². The van der Waals surface area contributed by atoms with Gasteiger partial charge < -0.3 is 28.9 Å². The van der Waals surface area contributed by atoms with E-state index >= 15 is 0 Å². The summed E-state index contributed by atoms with van der Waals surface area (Å²) in [4.78, 5) is 23.7. The third kappa shape index (κ3) is 6.03. The summed E-state index contributed by atoms with van der Waals surface area (Å²) in [7, 11) is 3.74. The number of pyridine rings is 1. The Kier molecular flexibility index (Phi) is 7.87. The number of hydrogen-bond acceptors (Lipinski definition) is 7. The smallest absolute Gasteiger partial charge is 0.253 e. The fourth-order valence-electron chi connectivity index (χ4n) is 4.69. The molecule has 1 amide bonds. The first-order valence-electron chi connectivity index (χ1n) is 12.8. The zero-order valence-electron chi connectivity index (χ0n) is 21.5. The molecule has 0 N–H and O–H groups in total. The number of nitrogens with zero attached hydrogens (tertiary/aromatic N) is 4. The summed E-state index contributed by atoms with van der Waals surface area (Å²) in [5.74, 6) is 1.45. The summed E-state index contributed by atoms with van der Waals surface area (Å²) in [5, 5.41) is 0. The van der Waals surface area contributed by atoms with Crippen molar-refractivity contribution in [2.24, 2.45) is 0 Å². The monoisotopic (exact) mass is 502 g/mol. The molecule has 37 heavy (non-hydrogen) atoms. The van der Waals surface area contributed by atoms with Crippen LogP contribution in [0.15, 0.2) is 67.0 Å². The Bertz CT molecular complexity index is 1170. The maximum atomic E-state index is 13.1. The first-order valence-corrected chi connectivity index (χ1v) is 12.8. The highest BCUT2D eigenvalue weighted by Gasteiger charge is 2.22. The molecule has 194 valence electrons. The minimum Gasteiger partial charge on any atom is -0.493 e. The van der Waals surface area contributed by atoms with Crippen LogP contribution in [0.25, 0.3) is 0 Å². The van der Waals surface area contributed by atoms with Gasteiger partial charge in [0, 0.05) is 74.5 Å². The molecule has 0 bridgehead atoms. The predicted molar refractivity (Wildman–Crippen MR) is 143 cm³/mol. The highest BCUT2D eigenvalue weighted by atomic mass is 16.6. The fourth-order valence-corrected chi connectivity index (χ4v) is 4.69. The summed E-state index contributed by atoms with van der Waals surface area (Å²) in [6.07, 6.45) is 4.51. The van der Waals surface area contributed by atoms with Gasteiger partial charge in [-0.3, -0.25) is 9.78 Å². The normalized spacial score (nSPS) is 18.0. The van der Waals surface area contributed by atoms with Gasteiger partial charge in [0.05, 0.1) is 20.3 Å². The number of likely N-dealkylation sites (N-methyl/N-ethyl adjacent to an activating group) is 1. The van der Waals surface area contributed by atoms with Crippen LogP contribution in [0.2, 0.25) is 0 Å². The third-order valence-corrected chi connectivity index (χ3v) is 6.92. The average molecular weight is 503 g/mol. The van der Waals surface area contributed by atoms with E-state index < -0.39 is 0 Å². The standard InChI is InChI=1S/C29H34N4O4/c1-31-13-15-32(16-14-31)29(34)23-5-7-24(8-6-23)33(20-22-4-3-12-30-19-22)25-9-10-27(35-2)28(18-25)37-26-11-17-36-21-26/h3-10,12,18-19,26H,11,13-17,20-21H2,1-2H3. The van der Waals surface area contributed by atoms with Crippen LogP contribution in [0.1, 0.15) is 22.3 Å². The molecule has 8 heteroatoms. The number of amides is 1. The van der Waals surface area contributed by atoms with Crippen molar-refractivity contribution in [3.63, 3.8) is 0 Å². The number of carbonyl (C=O) groups excluding carboxylic acids is 1. The molecule has 0 spiro atoms. The van der Waals surface area contributed by atoms with Crippen LogP contribution in [0.4, 0.5) is 11.4 Å². The predicted octanol–water partition coefficient (Wildman–Crippen LogP) is 3.98. The Morgan fingerprint density at radius 3 is 2.51 bits per heavy atom. The molecular weight excluding hydrogens is 468 g/mol. The molecule has 5 rings (SSSR count). The van der Waals surface area contributed by atoms with E-state index in [0.29, 0.717) is 36.8 Å². The number of hydrogen-bond donors (Lipinski definition) is 0. The molecule has 1 atom stereocenters. The van der Waals surface area contributed by atoms with Crippen LogP contribution < -0.4 is 14.4 Å². The van der Waals surface area contributed by atoms with Crippen LogP contribution in [0.3, 0.4) is 0 Å². The van der Waals surface area contributed by atoms with Gasteiger partial charge in [0.1, 0.15) is 6.10 Å². The summed E-state index contributed by atoms with van der Waals surface area (Å²) in [5.41, 5.74) is 3.70. The first-order chi connectivity index (χ1) is 18.1. The first kappa shape index (κ1) is 25.0. The van der Waals surface area contributed by atoms with Crippen molar-refractivity contribution in [3.8, 4) is 11.5 Å². The number of ether oxygens (including phenoxy) is 3. The Morgan fingerprint density at radius 2 is 1.84 bits per heavy atom. The van der Waals surface area contributed by atoms with Gasteiger partial charge in [0.2, 0.25) is 0 Å². The second-order valence-corrected chi connectivity index (χ2v) is 9.53. The highest BCUT2D eigenvalue weighted by molar-refractivity contribution is 5.94. The Balaban J connectivity index is 1.43. The summed E-state index contributed by atoms with van der Waals surface area (Å²) >= 11 is 0. The van der Waals surface area contributed by atoms with Crippen LogP contribution in [-0.2, 0) is 11.3 Å². The highest BCUT2D eigenvalue weighted by Crippen LogP contribution is 2.37. The van der Waals surface area contributed by atoms with Crippen LogP contribution in [-0.4, -0.2) is 80.3 Å². The minimum absolute atomic E-state index is 0.00999. The van der Waals surface area contributed by atoms with Gasteiger partial charge in [0.25, 0.3) is 5.91 Å². The number of carbonyl (C=O) groups is 1. The van der Waals surface area contributed by atoms with Crippen LogP contribution >= 0.6 is 0 Å². The zero-order chi connectivity index (χ0) is 25.6. The number of benzene rings is 2. The largest absolute Gasteiger partial charge is 0.493 e. The van der Waals surface area contributed by atoms with E-state index in [-0.39, 0.29) is 12.0 Å². The maximum absolute atomic E-state index is 13.1. The van der Waals surface area contributed by atoms with Gasteiger partial charge in [0.15, 0.2) is 11.5 Å². The van der Waals surface area contributed by atoms with Gasteiger partial charge in [-0.2, -0.15) is 0 Å². The van der Waals surface area contributed by atoms with Crippen molar-refractivity contribution in [1.82, 2.24) is 14.8 Å². The summed E-state index contributed by atoms with van der Waals surface area (Å²) in [6.45, 7) is 5.21. The summed E-state index contributed by atoms with van der Waals surface area (Å²) in [6, 6.07) is 17.8. The summed E-state index contributed by atoms with van der Waals surface area (Å²) < 4.78 is 17.3. The van der Waals surface area contributed by atoms with Gasteiger partial charge in [-0.1, -0.05) is 6.07 Å². The molecule has 2 saturated heterocycles. The second kappa shape index (κ2) is 11.6. The Hall–Kier alpha value is -3.62. The lowest BCUT2D eigenvalue weighted by Crippen LogP contribution is -2.47.